The Bertz CT molecular complexity index is 1050. The van der Waals surface area contributed by atoms with Gasteiger partial charge in [0.1, 0.15) is 12.6 Å². The average molecular weight is 467 g/mol. The van der Waals surface area contributed by atoms with Crippen LogP contribution in [0.2, 0.25) is 0 Å². The van der Waals surface area contributed by atoms with Gasteiger partial charge in [-0.15, -0.1) is 0 Å². The van der Waals surface area contributed by atoms with Gasteiger partial charge in [-0.25, -0.2) is 9.59 Å². The van der Waals surface area contributed by atoms with Gasteiger partial charge >= 0.3 is 12.1 Å². The molecule has 1 aliphatic heterocycles. The van der Waals surface area contributed by atoms with Crippen molar-refractivity contribution in [3.63, 3.8) is 0 Å². The fourth-order valence-corrected chi connectivity index (χ4v) is 4.86. The van der Waals surface area contributed by atoms with Crippen LogP contribution in [0.5, 0.6) is 0 Å². The third kappa shape index (κ3) is 4.92. The van der Waals surface area contributed by atoms with E-state index in [1.807, 2.05) is 24.3 Å². The van der Waals surface area contributed by atoms with E-state index in [4.69, 9.17) is 4.74 Å². The first kappa shape index (κ1) is 23.8. The molecule has 0 spiro atoms. The number of benzene rings is 2. The van der Waals surface area contributed by atoms with Crippen LogP contribution >= 0.6 is 0 Å². The number of fused-ring (bicyclic) bond motifs is 3. The van der Waals surface area contributed by atoms with Crippen molar-refractivity contribution in [2.45, 2.75) is 56.7 Å². The van der Waals surface area contributed by atoms with Gasteiger partial charge in [0.2, 0.25) is 5.91 Å². The molecule has 2 aromatic carbocycles. The fourth-order valence-electron chi connectivity index (χ4n) is 4.86. The lowest BCUT2D eigenvalue weighted by atomic mass is 9.97. The third-order valence-electron chi connectivity index (χ3n) is 6.63. The number of carbonyl (C=O) groups is 3. The number of likely N-dealkylation sites (tertiary alicyclic amines) is 1. The van der Waals surface area contributed by atoms with E-state index in [2.05, 4.69) is 29.6 Å². The summed E-state index contributed by atoms with van der Waals surface area (Å²) >= 11 is 0. The second-order valence-corrected chi connectivity index (χ2v) is 9.62. The van der Waals surface area contributed by atoms with E-state index in [-0.39, 0.29) is 37.8 Å². The fraction of sp³-hybridized carbons (Fsp3) is 0.423. The number of nitrogens with zero attached hydrogens (tertiary/aromatic N) is 1. The number of nitrogens with one attached hydrogen (secondary N) is 1. The predicted octanol–water partition coefficient (Wildman–Crippen LogP) is 3.13. The summed E-state index contributed by atoms with van der Waals surface area (Å²) in [4.78, 5) is 37.7. The van der Waals surface area contributed by atoms with Crippen molar-refractivity contribution in [3.05, 3.63) is 59.7 Å². The molecule has 0 bridgehead atoms. The number of aliphatic carboxylic acids is 1. The van der Waals surface area contributed by atoms with Crippen molar-refractivity contribution < 1.29 is 29.3 Å². The van der Waals surface area contributed by atoms with Crippen molar-refractivity contribution in [1.29, 1.82) is 0 Å². The first-order chi connectivity index (χ1) is 16.2. The zero-order valence-electron chi connectivity index (χ0n) is 19.4. The molecule has 3 N–H and O–H groups in total. The number of rotatable bonds is 7. The topological polar surface area (TPSA) is 116 Å². The number of hydrogen-bond donors (Lipinski definition) is 3. The SMILES string of the molecule is CC(C)(CCC(=O)N1C[C@H](O)C[C@H]1C(=O)O)NC(=O)OCC1c2ccccc2-c2ccccc21. The van der Waals surface area contributed by atoms with E-state index in [1.54, 1.807) is 13.8 Å². The molecule has 1 saturated heterocycles. The largest absolute Gasteiger partial charge is 0.480 e. The molecule has 8 heteroatoms. The summed E-state index contributed by atoms with van der Waals surface area (Å²) in [7, 11) is 0. The summed E-state index contributed by atoms with van der Waals surface area (Å²) < 4.78 is 5.59. The average Bonchev–Trinajstić information content (AvgIpc) is 3.34. The summed E-state index contributed by atoms with van der Waals surface area (Å²) in [6.45, 7) is 3.78. The summed E-state index contributed by atoms with van der Waals surface area (Å²) in [6.07, 6.45) is -1.03. The molecule has 1 heterocycles. The second-order valence-electron chi connectivity index (χ2n) is 9.62. The van der Waals surface area contributed by atoms with Crippen molar-refractivity contribution in [3.8, 4) is 11.1 Å². The summed E-state index contributed by atoms with van der Waals surface area (Å²) in [5.74, 6) is -1.52. The van der Waals surface area contributed by atoms with Gasteiger partial charge in [-0.3, -0.25) is 4.79 Å². The van der Waals surface area contributed by atoms with Crippen LogP contribution in [0.25, 0.3) is 11.1 Å². The van der Waals surface area contributed by atoms with Crippen molar-refractivity contribution in [1.82, 2.24) is 10.2 Å². The summed E-state index contributed by atoms with van der Waals surface area (Å²) in [5, 5.41) is 21.9. The van der Waals surface area contributed by atoms with Crippen LogP contribution in [0.1, 0.15) is 50.2 Å². The molecular weight excluding hydrogens is 436 g/mol. The first-order valence-electron chi connectivity index (χ1n) is 11.5. The van der Waals surface area contributed by atoms with E-state index in [0.717, 1.165) is 22.3 Å². The van der Waals surface area contributed by atoms with Gasteiger partial charge in [0.05, 0.1) is 6.10 Å². The van der Waals surface area contributed by atoms with Crippen LogP contribution in [0.15, 0.2) is 48.5 Å². The number of aliphatic hydroxyl groups excluding tert-OH is 1. The zero-order chi connectivity index (χ0) is 24.5. The van der Waals surface area contributed by atoms with Crippen LogP contribution in [0.3, 0.4) is 0 Å². The highest BCUT2D eigenvalue weighted by Crippen LogP contribution is 2.44. The van der Waals surface area contributed by atoms with Gasteiger partial charge in [0, 0.05) is 30.8 Å². The number of aliphatic hydroxyl groups is 1. The molecule has 1 fully saturated rings. The minimum absolute atomic E-state index is 0.00996. The lowest BCUT2D eigenvalue weighted by Gasteiger charge is -2.28. The summed E-state index contributed by atoms with van der Waals surface area (Å²) in [5.41, 5.74) is 3.81. The second kappa shape index (κ2) is 9.46. The number of carboxylic acids is 1. The number of carboxylic acid groups (broad SMARTS) is 1. The summed E-state index contributed by atoms with van der Waals surface area (Å²) in [6, 6.07) is 15.2. The van der Waals surface area contributed by atoms with Crippen LogP contribution in [-0.4, -0.2) is 63.9 Å². The van der Waals surface area contributed by atoms with E-state index in [9.17, 15) is 24.6 Å². The quantitative estimate of drug-likeness (QED) is 0.577. The minimum atomic E-state index is -1.12. The Labute approximate surface area is 198 Å². The number of hydrogen-bond acceptors (Lipinski definition) is 5. The molecule has 8 nitrogen and oxygen atoms in total. The number of alkyl carbamates (subject to hydrolysis) is 1. The van der Waals surface area contributed by atoms with Gasteiger partial charge in [-0.1, -0.05) is 48.5 Å². The Hall–Kier alpha value is -3.39. The minimum Gasteiger partial charge on any atom is -0.480 e. The molecule has 180 valence electrons. The Morgan fingerprint density at radius 1 is 1.06 bits per heavy atom. The van der Waals surface area contributed by atoms with E-state index in [0.29, 0.717) is 6.42 Å². The van der Waals surface area contributed by atoms with Gasteiger partial charge in [-0.2, -0.15) is 0 Å². The van der Waals surface area contributed by atoms with E-state index < -0.39 is 29.7 Å². The number of β-amino-alcohol motifs (C(OH)–C–C–N with tert-alkyl or cyclic N) is 1. The smallest absolute Gasteiger partial charge is 0.407 e. The van der Waals surface area contributed by atoms with Crippen LogP contribution in [0, 0.1) is 0 Å². The Kier molecular flexibility index (Phi) is 6.61. The highest BCUT2D eigenvalue weighted by atomic mass is 16.5. The normalized spacial score (nSPS) is 19.4. The monoisotopic (exact) mass is 466 g/mol. The lowest BCUT2D eigenvalue weighted by molar-refractivity contribution is -0.148. The molecule has 2 aliphatic rings. The highest BCUT2D eigenvalue weighted by Gasteiger charge is 2.39. The van der Waals surface area contributed by atoms with Crippen molar-refractivity contribution >= 4 is 18.0 Å². The maximum Gasteiger partial charge on any atom is 0.407 e. The standard InChI is InChI=1S/C26H30N2O6/c1-26(2,12-11-23(30)28-14-16(29)13-22(28)24(31)32)27-25(33)34-15-21-19-9-5-3-7-17(19)18-8-4-6-10-20(18)21/h3-10,16,21-22,29H,11-15H2,1-2H3,(H,27,33)(H,31,32)/t16-,22+/m1/s1. The maximum atomic E-state index is 12.6. The van der Waals surface area contributed by atoms with Gasteiger partial charge in [0.15, 0.2) is 0 Å². The molecule has 2 amide bonds. The highest BCUT2D eigenvalue weighted by molar-refractivity contribution is 5.84. The van der Waals surface area contributed by atoms with E-state index in [1.165, 1.54) is 4.90 Å². The predicted molar refractivity (Wildman–Crippen MR) is 125 cm³/mol. The van der Waals surface area contributed by atoms with Gasteiger partial charge < -0.3 is 25.2 Å². The molecule has 2 aromatic rings. The van der Waals surface area contributed by atoms with Crippen LogP contribution in [0.4, 0.5) is 4.79 Å². The molecule has 2 atom stereocenters. The molecule has 34 heavy (non-hydrogen) atoms. The van der Waals surface area contributed by atoms with Crippen LogP contribution < -0.4 is 5.32 Å². The number of carbonyl (C=O) groups excluding carboxylic acids is 2. The van der Waals surface area contributed by atoms with Crippen molar-refractivity contribution in [2.24, 2.45) is 0 Å². The molecule has 0 aromatic heterocycles. The maximum absolute atomic E-state index is 12.6. The Balaban J connectivity index is 1.32. The molecule has 0 unspecified atom stereocenters. The van der Waals surface area contributed by atoms with Gasteiger partial charge in [-0.05, 0) is 42.5 Å². The van der Waals surface area contributed by atoms with Crippen LogP contribution in [-0.2, 0) is 14.3 Å². The Morgan fingerprint density at radius 3 is 2.24 bits per heavy atom. The number of ether oxygens (including phenoxy) is 1. The third-order valence-corrected chi connectivity index (χ3v) is 6.63. The Morgan fingerprint density at radius 2 is 1.65 bits per heavy atom. The molecule has 1 aliphatic carbocycles. The van der Waals surface area contributed by atoms with E-state index >= 15 is 0 Å². The zero-order valence-corrected chi connectivity index (χ0v) is 19.4. The first-order valence-corrected chi connectivity index (χ1v) is 11.5. The van der Waals surface area contributed by atoms with Gasteiger partial charge in [0.25, 0.3) is 0 Å². The molecule has 0 saturated carbocycles. The lowest BCUT2D eigenvalue weighted by Crippen LogP contribution is -2.46. The number of amides is 2. The molecular formula is C26H30N2O6. The van der Waals surface area contributed by atoms with Crippen molar-refractivity contribution in [2.75, 3.05) is 13.2 Å². The molecule has 4 rings (SSSR count). The molecule has 0 radical (unpaired) electrons.